The van der Waals surface area contributed by atoms with Crippen molar-refractivity contribution in [1.82, 2.24) is 15.1 Å². The van der Waals surface area contributed by atoms with Crippen LogP contribution in [0.5, 0.6) is 0 Å². The van der Waals surface area contributed by atoms with E-state index in [2.05, 4.69) is 36.1 Å². The van der Waals surface area contributed by atoms with E-state index in [4.69, 9.17) is 0 Å². The number of piperidine rings is 1. The molecular formula is C15H31N3O. The molecule has 112 valence electrons. The smallest absolute Gasteiger partial charge is 0.0613 e. The maximum absolute atomic E-state index is 9.71. The summed E-state index contributed by atoms with van der Waals surface area (Å²) in [5.41, 5.74) is -0.00945. The number of aliphatic hydroxyl groups excluding tert-OH is 1. The molecule has 1 saturated heterocycles. The van der Waals surface area contributed by atoms with E-state index in [1.807, 2.05) is 0 Å². The monoisotopic (exact) mass is 269 g/mol. The molecule has 19 heavy (non-hydrogen) atoms. The minimum Gasteiger partial charge on any atom is -0.394 e. The first-order chi connectivity index (χ1) is 9.10. The lowest BCUT2D eigenvalue weighted by molar-refractivity contribution is 0.0882. The number of nitrogens with one attached hydrogen (secondary N) is 1. The average Bonchev–Trinajstić information content (AvgIpc) is 2.84. The highest BCUT2D eigenvalue weighted by atomic mass is 16.3. The second-order valence-electron chi connectivity index (χ2n) is 6.62. The summed E-state index contributed by atoms with van der Waals surface area (Å²) in [5, 5.41) is 13.2. The van der Waals surface area contributed by atoms with Crippen molar-refractivity contribution < 1.29 is 5.11 Å². The van der Waals surface area contributed by atoms with Gasteiger partial charge in [0.05, 0.1) is 6.61 Å². The van der Waals surface area contributed by atoms with Crippen LogP contribution in [0.1, 0.15) is 39.0 Å². The van der Waals surface area contributed by atoms with Gasteiger partial charge in [-0.05, 0) is 59.3 Å². The molecule has 2 aliphatic rings. The van der Waals surface area contributed by atoms with Crippen LogP contribution in [0, 0.1) is 0 Å². The predicted molar refractivity (Wildman–Crippen MR) is 79.4 cm³/mol. The summed E-state index contributed by atoms with van der Waals surface area (Å²) in [6.45, 7) is 5.80. The molecule has 0 amide bonds. The number of likely N-dealkylation sites (tertiary alicyclic amines) is 1. The third-order valence-electron chi connectivity index (χ3n) is 5.11. The first kappa shape index (κ1) is 15.2. The standard InChI is InChI=1S/C15H31N3O/c1-4-16-15(12-19)8-7-13(10-15)18-9-5-6-14(11-18)17(2)3/h13-14,16,19H,4-12H2,1-3H3. The van der Waals surface area contributed by atoms with Crippen molar-refractivity contribution in [1.29, 1.82) is 0 Å². The molecule has 0 radical (unpaired) electrons. The van der Waals surface area contributed by atoms with Gasteiger partial charge in [-0.1, -0.05) is 6.92 Å². The summed E-state index contributed by atoms with van der Waals surface area (Å²) >= 11 is 0. The Morgan fingerprint density at radius 1 is 1.37 bits per heavy atom. The number of nitrogens with zero attached hydrogens (tertiary/aromatic N) is 2. The Labute approximate surface area is 118 Å². The molecule has 2 N–H and O–H groups in total. The van der Waals surface area contributed by atoms with Crippen LogP contribution in [0.4, 0.5) is 0 Å². The molecule has 0 aromatic rings. The normalized spacial score (nSPS) is 37.1. The number of aliphatic hydroxyl groups is 1. The van der Waals surface area contributed by atoms with Gasteiger partial charge in [-0.2, -0.15) is 0 Å². The molecule has 4 heteroatoms. The quantitative estimate of drug-likeness (QED) is 0.778. The Hall–Kier alpha value is -0.160. The van der Waals surface area contributed by atoms with Gasteiger partial charge in [0.1, 0.15) is 0 Å². The highest BCUT2D eigenvalue weighted by Crippen LogP contribution is 2.34. The average molecular weight is 269 g/mol. The predicted octanol–water partition coefficient (Wildman–Crippen LogP) is 0.906. The van der Waals surface area contributed by atoms with E-state index < -0.39 is 0 Å². The van der Waals surface area contributed by atoms with Crippen molar-refractivity contribution in [3.63, 3.8) is 0 Å². The van der Waals surface area contributed by atoms with E-state index in [9.17, 15) is 5.11 Å². The van der Waals surface area contributed by atoms with Crippen LogP contribution in [-0.2, 0) is 0 Å². The van der Waals surface area contributed by atoms with Gasteiger partial charge in [0.25, 0.3) is 0 Å². The topological polar surface area (TPSA) is 38.7 Å². The minimum absolute atomic E-state index is 0.00945. The third-order valence-corrected chi connectivity index (χ3v) is 5.11. The van der Waals surface area contributed by atoms with Gasteiger partial charge in [-0.3, -0.25) is 4.90 Å². The van der Waals surface area contributed by atoms with E-state index in [0.29, 0.717) is 12.1 Å². The van der Waals surface area contributed by atoms with Gasteiger partial charge < -0.3 is 15.3 Å². The molecule has 1 saturated carbocycles. The highest BCUT2D eigenvalue weighted by molar-refractivity contribution is 5.00. The van der Waals surface area contributed by atoms with Crippen molar-refractivity contribution in [2.45, 2.75) is 56.7 Å². The fourth-order valence-corrected chi connectivity index (χ4v) is 3.88. The number of rotatable bonds is 5. The minimum atomic E-state index is -0.00945. The lowest BCUT2D eigenvalue weighted by Crippen LogP contribution is -2.51. The largest absolute Gasteiger partial charge is 0.394 e. The zero-order valence-electron chi connectivity index (χ0n) is 12.9. The molecule has 1 heterocycles. The third kappa shape index (κ3) is 3.48. The number of hydrogen-bond donors (Lipinski definition) is 2. The summed E-state index contributed by atoms with van der Waals surface area (Å²) in [6, 6.07) is 1.37. The molecule has 2 fully saturated rings. The van der Waals surface area contributed by atoms with Crippen LogP contribution >= 0.6 is 0 Å². The van der Waals surface area contributed by atoms with Crippen LogP contribution in [0.15, 0.2) is 0 Å². The molecule has 3 atom stereocenters. The van der Waals surface area contributed by atoms with Crippen molar-refractivity contribution in [3.05, 3.63) is 0 Å². The highest BCUT2D eigenvalue weighted by Gasteiger charge is 2.41. The number of hydrogen-bond acceptors (Lipinski definition) is 4. The molecule has 0 spiro atoms. The Bertz CT molecular complexity index is 285. The van der Waals surface area contributed by atoms with Gasteiger partial charge in [0, 0.05) is 24.2 Å². The van der Waals surface area contributed by atoms with Crippen LogP contribution in [0.2, 0.25) is 0 Å². The Morgan fingerprint density at radius 3 is 2.79 bits per heavy atom. The molecule has 2 rings (SSSR count). The molecule has 4 nitrogen and oxygen atoms in total. The molecule has 0 aromatic carbocycles. The van der Waals surface area contributed by atoms with Crippen molar-refractivity contribution in [2.24, 2.45) is 0 Å². The van der Waals surface area contributed by atoms with Crippen molar-refractivity contribution in [2.75, 3.05) is 40.3 Å². The molecule has 0 aromatic heterocycles. The maximum Gasteiger partial charge on any atom is 0.0613 e. The molecule has 1 aliphatic carbocycles. The summed E-state index contributed by atoms with van der Waals surface area (Å²) in [5.74, 6) is 0. The molecule has 0 bridgehead atoms. The van der Waals surface area contributed by atoms with E-state index in [0.717, 1.165) is 19.4 Å². The van der Waals surface area contributed by atoms with E-state index >= 15 is 0 Å². The second kappa shape index (κ2) is 6.53. The fraction of sp³-hybridized carbons (Fsp3) is 1.00. The lowest BCUT2D eigenvalue weighted by Gasteiger charge is -2.40. The summed E-state index contributed by atoms with van der Waals surface area (Å²) in [4.78, 5) is 5.04. The number of likely N-dealkylation sites (N-methyl/N-ethyl adjacent to an activating group) is 2. The first-order valence-corrected chi connectivity index (χ1v) is 7.86. The van der Waals surface area contributed by atoms with Crippen LogP contribution < -0.4 is 5.32 Å². The Morgan fingerprint density at radius 2 is 2.16 bits per heavy atom. The summed E-state index contributed by atoms with van der Waals surface area (Å²) in [6.07, 6.45) is 6.09. The fourth-order valence-electron chi connectivity index (χ4n) is 3.88. The first-order valence-electron chi connectivity index (χ1n) is 7.86. The van der Waals surface area contributed by atoms with Crippen molar-refractivity contribution in [3.8, 4) is 0 Å². The van der Waals surface area contributed by atoms with Gasteiger partial charge >= 0.3 is 0 Å². The Balaban J connectivity index is 1.92. The van der Waals surface area contributed by atoms with E-state index in [1.54, 1.807) is 0 Å². The lowest BCUT2D eigenvalue weighted by atomic mass is 9.97. The van der Waals surface area contributed by atoms with Gasteiger partial charge in [-0.25, -0.2) is 0 Å². The Kier molecular flexibility index (Phi) is 5.23. The SMILES string of the molecule is CCNC1(CO)CCC(N2CCCC(N(C)C)C2)C1. The molecular weight excluding hydrogens is 238 g/mol. The van der Waals surface area contributed by atoms with Crippen LogP contribution in [0.25, 0.3) is 0 Å². The molecule has 3 unspecified atom stereocenters. The van der Waals surface area contributed by atoms with Gasteiger partial charge in [0.2, 0.25) is 0 Å². The van der Waals surface area contributed by atoms with E-state index in [1.165, 1.54) is 32.4 Å². The van der Waals surface area contributed by atoms with Crippen LogP contribution in [0.3, 0.4) is 0 Å². The summed E-state index contributed by atoms with van der Waals surface area (Å²) in [7, 11) is 4.39. The van der Waals surface area contributed by atoms with Gasteiger partial charge in [-0.15, -0.1) is 0 Å². The van der Waals surface area contributed by atoms with Gasteiger partial charge in [0.15, 0.2) is 0 Å². The second-order valence-corrected chi connectivity index (χ2v) is 6.62. The van der Waals surface area contributed by atoms with Crippen LogP contribution in [-0.4, -0.2) is 72.9 Å². The van der Waals surface area contributed by atoms with Crippen molar-refractivity contribution >= 4 is 0 Å². The zero-order valence-corrected chi connectivity index (χ0v) is 12.9. The van der Waals surface area contributed by atoms with E-state index in [-0.39, 0.29) is 12.1 Å². The summed E-state index contributed by atoms with van der Waals surface area (Å²) < 4.78 is 0. The molecule has 1 aliphatic heterocycles. The maximum atomic E-state index is 9.71. The zero-order chi connectivity index (χ0) is 13.9.